The van der Waals surface area contributed by atoms with Crippen molar-refractivity contribution in [1.29, 1.82) is 0 Å². The van der Waals surface area contributed by atoms with Crippen molar-refractivity contribution in [3.8, 4) is 0 Å². The number of thiophene rings is 1. The van der Waals surface area contributed by atoms with E-state index in [4.69, 9.17) is 0 Å². The number of sulfonamides is 1. The first kappa shape index (κ1) is 14.6. The highest BCUT2D eigenvalue weighted by molar-refractivity contribution is 9.11. The summed E-state index contributed by atoms with van der Waals surface area (Å²) in [6.07, 6.45) is 3.31. The van der Waals surface area contributed by atoms with E-state index in [2.05, 4.69) is 20.9 Å². The van der Waals surface area contributed by atoms with Crippen LogP contribution in [0.4, 0.5) is 0 Å². The molecule has 4 nitrogen and oxygen atoms in total. The maximum absolute atomic E-state index is 12.5. The van der Waals surface area contributed by atoms with Crippen molar-refractivity contribution >= 4 is 37.3 Å². The van der Waals surface area contributed by atoms with Crippen LogP contribution in [0.5, 0.6) is 0 Å². The van der Waals surface area contributed by atoms with Gasteiger partial charge in [-0.05, 0) is 46.6 Å². The van der Waals surface area contributed by atoms with Gasteiger partial charge in [-0.15, -0.1) is 11.3 Å². The summed E-state index contributed by atoms with van der Waals surface area (Å²) in [5.41, 5.74) is 0.910. The van der Waals surface area contributed by atoms with Crippen molar-refractivity contribution in [1.82, 2.24) is 9.29 Å². The summed E-state index contributed by atoms with van der Waals surface area (Å²) in [5, 5.41) is 0. The van der Waals surface area contributed by atoms with E-state index < -0.39 is 10.0 Å². The predicted octanol–water partition coefficient (Wildman–Crippen LogP) is 3.03. The lowest BCUT2D eigenvalue weighted by Gasteiger charge is -2.16. The van der Waals surface area contributed by atoms with E-state index in [0.717, 1.165) is 14.2 Å². The van der Waals surface area contributed by atoms with Gasteiger partial charge in [0.1, 0.15) is 0 Å². The zero-order valence-electron chi connectivity index (χ0n) is 10.5. The van der Waals surface area contributed by atoms with E-state index in [1.54, 1.807) is 25.5 Å². The van der Waals surface area contributed by atoms with Crippen LogP contribution in [0.2, 0.25) is 0 Å². The fraction of sp³-hybridized carbons (Fsp3) is 0.250. The van der Waals surface area contributed by atoms with Crippen molar-refractivity contribution in [2.24, 2.45) is 0 Å². The number of nitrogens with zero attached hydrogens (tertiary/aromatic N) is 2. The zero-order valence-corrected chi connectivity index (χ0v) is 13.7. The molecule has 19 heavy (non-hydrogen) atoms. The number of aromatic nitrogens is 1. The molecule has 0 bridgehead atoms. The van der Waals surface area contributed by atoms with Crippen LogP contribution in [0.15, 0.2) is 39.3 Å². The molecule has 0 spiro atoms. The van der Waals surface area contributed by atoms with Gasteiger partial charge < -0.3 is 0 Å². The van der Waals surface area contributed by atoms with Gasteiger partial charge in [0.25, 0.3) is 0 Å². The fourth-order valence-electron chi connectivity index (χ4n) is 1.68. The van der Waals surface area contributed by atoms with E-state index in [1.807, 2.05) is 19.1 Å². The molecule has 2 rings (SSSR count). The Bertz CT molecular complexity index is 668. The average Bonchev–Trinajstić information content (AvgIpc) is 2.70. The summed E-state index contributed by atoms with van der Waals surface area (Å²) >= 11 is 4.74. The number of pyridine rings is 1. The largest absolute Gasteiger partial charge is 0.265 e. The monoisotopic (exact) mass is 360 g/mol. The number of hydrogen-bond donors (Lipinski definition) is 0. The molecule has 2 aromatic rings. The van der Waals surface area contributed by atoms with Crippen LogP contribution in [-0.4, -0.2) is 24.8 Å². The Morgan fingerprint density at radius 2 is 2.00 bits per heavy atom. The highest BCUT2D eigenvalue weighted by Crippen LogP contribution is 2.31. The van der Waals surface area contributed by atoms with Crippen LogP contribution in [0, 0.1) is 6.92 Å². The molecule has 0 N–H and O–H groups in total. The van der Waals surface area contributed by atoms with E-state index in [9.17, 15) is 8.42 Å². The van der Waals surface area contributed by atoms with Crippen LogP contribution < -0.4 is 0 Å². The van der Waals surface area contributed by atoms with Crippen molar-refractivity contribution in [3.63, 3.8) is 0 Å². The van der Waals surface area contributed by atoms with E-state index in [1.165, 1.54) is 15.6 Å². The molecular weight excluding hydrogens is 348 g/mol. The molecule has 7 heteroatoms. The van der Waals surface area contributed by atoms with Gasteiger partial charge >= 0.3 is 0 Å². The van der Waals surface area contributed by atoms with Crippen LogP contribution in [0.25, 0.3) is 0 Å². The molecule has 0 aliphatic heterocycles. The second-order valence-electron chi connectivity index (χ2n) is 4.09. The van der Waals surface area contributed by atoms with E-state index in [0.29, 0.717) is 11.4 Å². The van der Waals surface area contributed by atoms with Gasteiger partial charge in [0.05, 0.1) is 8.68 Å². The minimum atomic E-state index is -3.45. The quantitative estimate of drug-likeness (QED) is 0.841. The molecule has 0 aliphatic carbocycles. The number of rotatable bonds is 4. The van der Waals surface area contributed by atoms with Crippen molar-refractivity contribution in [3.05, 3.63) is 44.8 Å². The van der Waals surface area contributed by atoms with Gasteiger partial charge in [0.2, 0.25) is 10.0 Å². The molecule has 102 valence electrons. The molecule has 0 aromatic carbocycles. The molecule has 0 unspecified atom stereocenters. The summed E-state index contributed by atoms with van der Waals surface area (Å²) in [4.78, 5) is 5.07. The van der Waals surface area contributed by atoms with Gasteiger partial charge in [-0.25, -0.2) is 8.42 Å². The molecule has 0 saturated carbocycles. The van der Waals surface area contributed by atoms with Gasteiger partial charge in [-0.1, -0.05) is 0 Å². The van der Waals surface area contributed by atoms with Crippen LogP contribution in [0.3, 0.4) is 0 Å². The lowest BCUT2D eigenvalue weighted by molar-refractivity contribution is 0.466. The zero-order chi connectivity index (χ0) is 14.0. The standard InChI is InChI=1S/C12H13BrN2O2S2/c1-9-11(7-12(13)18-9)19(16,17)15(2)8-10-3-5-14-6-4-10/h3-7H,8H2,1-2H3. The van der Waals surface area contributed by atoms with E-state index >= 15 is 0 Å². The smallest absolute Gasteiger partial charge is 0.244 e. The summed E-state index contributed by atoms with van der Waals surface area (Å²) in [6.45, 7) is 2.14. The normalized spacial score (nSPS) is 12.0. The minimum Gasteiger partial charge on any atom is -0.265 e. The lowest BCUT2D eigenvalue weighted by atomic mass is 10.3. The summed E-state index contributed by atoms with van der Waals surface area (Å²) in [6, 6.07) is 5.27. The Balaban J connectivity index is 2.27. The number of halogens is 1. The van der Waals surface area contributed by atoms with Crippen molar-refractivity contribution < 1.29 is 8.42 Å². The predicted molar refractivity (Wildman–Crippen MR) is 79.6 cm³/mol. The second kappa shape index (κ2) is 5.70. The first-order valence-corrected chi connectivity index (χ1v) is 8.57. The molecule has 2 aromatic heterocycles. The SMILES string of the molecule is Cc1sc(Br)cc1S(=O)(=O)N(C)Cc1ccncc1. The first-order chi connectivity index (χ1) is 8.91. The first-order valence-electron chi connectivity index (χ1n) is 5.52. The van der Waals surface area contributed by atoms with Gasteiger partial charge in [0, 0.05) is 30.9 Å². The number of hydrogen-bond acceptors (Lipinski definition) is 4. The van der Waals surface area contributed by atoms with Crippen molar-refractivity contribution in [2.75, 3.05) is 7.05 Å². The van der Waals surface area contributed by atoms with Crippen molar-refractivity contribution in [2.45, 2.75) is 18.4 Å². The summed E-state index contributed by atoms with van der Waals surface area (Å²) < 4.78 is 27.1. The fourth-order valence-corrected chi connectivity index (χ4v) is 5.22. The molecule has 0 fully saturated rings. The molecule has 0 aliphatic rings. The van der Waals surface area contributed by atoms with Gasteiger partial charge in [-0.2, -0.15) is 4.31 Å². The molecule has 0 radical (unpaired) electrons. The average molecular weight is 361 g/mol. The lowest BCUT2D eigenvalue weighted by Crippen LogP contribution is -2.26. The third kappa shape index (κ3) is 3.22. The maximum Gasteiger partial charge on any atom is 0.244 e. The van der Waals surface area contributed by atoms with Crippen LogP contribution in [-0.2, 0) is 16.6 Å². The van der Waals surface area contributed by atoms with Crippen LogP contribution >= 0.6 is 27.3 Å². The molecule has 0 saturated heterocycles. The highest BCUT2D eigenvalue weighted by Gasteiger charge is 2.24. The Kier molecular flexibility index (Phi) is 4.39. The third-order valence-corrected chi connectivity index (χ3v) is 6.30. The molecule has 0 atom stereocenters. The maximum atomic E-state index is 12.5. The van der Waals surface area contributed by atoms with Crippen LogP contribution in [0.1, 0.15) is 10.4 Å². The third-order valence-electron chi connectivity index (χ3n) is 2.68. The Hall–Kier alpha value is -0.760. The topological polar surface area (TPSA) is 50.3 Å². The summed E-state index contributed by atoms with van der Waals surface area (Å²) in [5.74, 6) is 0. The van der Waals surface area contributed by atoms with Gasteiger partial charge in [0.15, 0.2) is 0 Å². The Morgan fingerprint density at radius 3 is 2.53 bits per heavy atom. The molecule has 2 heterocycles. The Morgan fingerprint density at radius 1 is 1.37 bits per heavy atom. The minimum absolute atomic E-state index is 0.331. The Labute approximate surface area is 125 Å². The highest BCUT2D eigenvalue weighted by atomic mass is 79.9. The second-order valence-corrected chi connectivity index (χ2v) is 8.74. The molecule has 0 amide bonds. The van der Waals surface area contributed by atoms with Gasteiger partial charge in [-0.3, -0.25) is 4.98 Å². The number of aryl methyl sites for hydroxylation is 1. The van der Waals surface area contributed by atoms with E-state index in [-0.39, 0.29) is 0 Å². The molecular formula is C12H13BrN2O2S2. The summed E-state index contributed by atoms with van der Waals surface area (Å²) in [7, 11) is -1.87.